The molecule has 0 aromatic rings. The Kier molecular flexibility index (Phi) is 3.56. The van der Waals surface area contributed by atoms with Crippen molar-refractivity contribution < 1.29 is 18.8 Å². The molecule has 1 saturated heterocycles. The molecule has 0 spiro atoms. The highest BCUT2D eigenvalue weighted by atomic mass is 31.1. The third-order valence-corrected chi connectivity index (χ3v) is 2.14. The zero-order chi connectivity index (χ0) is 8.97. The van der Waals surface area contributed by atoms with Gasteiger partial charge in [0.25, 0.3) is 0 Å². The second-order valence-electron chi connectivity index (χ2n) is 2.68. The molecule has 1 atom stereocenters. The molecule has 0 saturated carbocycles. The molecule has 6 heteroatoms. The molecule has 1 fully saturated rings. The van der Waals surface area contributed by atoms with Crippen molar-refractivity contribution in [2.45, 2.75) is 19.3 Å². The summed E-state index contributed by atoms with van der Waals surface area (Å²) in [5.74, 6) is 0. The second kappa shape index (κ2) is 4.48. The molecule has 12 heavy (non-hydrogen) atoms. The molecule has 1 aliphatic heterocycles. The molecule has 1 rings (SSSR count). The molecular weight excluding hydrogens is 181 g/mol. The summed E-state index contributed by atoms with van der Waals surface area (Å²) in [6.45, 7) is 1.27. The highest BCUT2D eigenvalue weighted by molar-refractivity contribution is 7.32. The van der Waals surface area contributed by atoms with Crippen LogP contribution in [0.15, 0.2) is 0 Å². The fourth-order valence-electron chi connectivity index (χ4n) is 1.22. The van der Waals surface area contributed by atoms with Gasteiger partial charge in [-0.1, -0.05) is 0 Å². The van der Waals surface area contributed by atoms with Gasteiger partial charge in [0.15, 0.2) is 0 Å². The second-order valence-corrected chi connectivity index (χ2v) is 3.42. The van der Waals surface area contributed by atoms with Crippen molar-refractivity contribution >= 4 is 14.3 Å². The third-order valence-electron chi connectivity index (χ3n) is 1.79. The van der Waals surface area contributed by atoms with Crippen molar-refractivity contribution in [1.82, 2.24) is 4.90 Å². The number of hydrogen-bond donors (Lipinski definition) is 1. The number of amides is 1. The van der Waals surface area contributed by atoms with Crippen molar-refractivity contribution in [3.05, 3.63) is 0 Å². The predicted octanol–water partition coefficient (Wildman–Crippen LogP) is 0.991. The minimum atomic E-state index is -3.12. The molecule has 0 aliphatic carbocycles. The van der Waals surface area contributed by atoms with Crippen molar-refractivity contribution in [3.63, 3.8) is 0 Å². The van der Waals surface area contributed by atoms with E-state index in [1.165, 1.54) is 4.90 Å². The molecule has 1 aliphatic rings. The van der Waals surface area contributed by atoms with Crippen molar-refractivity contribution in [2.75, 3.05) is 13.1 Å². The van der Waals surface area contributed by atoms with Crippen LogP contribution in [0.5, 0.6) is 0 Å². The van der Waals surface area contributed by atoms with E-state index in [-0.39, 0.29) is 0 Å². The average Bonchev–Trinajstić information content (AvgIpc) is 2.05. The SMILES string of the molecule is O=C(O[PH](=O)O)N1CCCCC1. The van der Waals surface area contributed by atoms with Gasteiger partial charge in [0.2, 0.25) is 0 Å². The molecule has 0 bridgehead atoms. The normalized spacial score (nSPS) is 20.2. The molecular formula is C6H12NO4P. The summed E-state index contributed by atoms with van der Waals surface area (Å²) in [7, 11) is -3.12. The third kappa shape index (κ3) is 2.83. The largest absolute Gasteiger partial charge is 0.416 e. The van der Waals surface area contributed by atoms with Crippen molar-refractivity contribution in [1.29, 1.82) is 0 Å². The van der Waals surface area contributed by atoms with Gasteiger partial charge in [0.05, 0.1) is 0 Å². The molecule has 1 heterocycles. The summed E-state index contributed by atoms with van der Waals surface area (Å²) >= 11 is 0. The number of hydrogen-bond acceptors (Lipinski definition) is 3. The van der Waals surface area contributed by atoms with Crippen LogP contribution in [0.25, 0.3) is 0 Å². The quantitative estimate of drug-likeness (QED) is 0.630. The maximum Gasteiger partial charge on any atom is 0.416 e. The van der Waals surface area contributed by atoms with Gasteiger partial charge in [0, 0.05) is 13.1 Å². The Morgan fingerprint density at radius 3 is 2.42 bits per heavy atom. The first-order valence-corrected chi connectivity index (χ1v) is 5.16. The fraction of sp³-hybridized carbons (Fsp3) is 0.833. The van der Waals surface area contributed by atoms with E-state index in [1.54, 1.807) is 0 Å². The number of carbonyl (C=O) groups is 1. The van der Waals surface area contributed by atoms with Gasteiger partial charge >= 0.3 is 14.3 Å². The van der Waals surface area contributed by atoms with Crippen LogP contribution in [0, 0.1) is 0 Å². The van der Waals surface area contributed by atoms with Crippen LogP contribution in [0.4, 0.5) is 4.79 Å². The van der Waals surface area contributed by atoms with Crippen LogP contribution in [-0.2, 0) is 9.09 Å². The van der Waals surface area contributed by atoms with E-state index in [1.807, 2.05) is 0 Å². The summed E-state index contributed by atoms with van der Waals surface area (Å²) in [6.07, 6.45) is 2.34. The Bertz CT molecular complexity index is 190. The summed E-state index contributed by atoms with van der Waals surface area (Å²) in [5, 5.41) is 0. The number of carbonyl (C=O) groups excluding carboxylic acids is 1. The lowest BCUT2D eigenvalue weighted by Crippen LogP contribution is -2.34. The minimum absolute atomic E-state index is 0.633. The van der Waals surface area contributed by atoms with Crippen LogP contribution < -0.4 is 0 Å². The van der Waals surface area contributed by atoms with E-state index in [0.717, 1.165) is 19.3 Å². The Morgan fingerprint density at radius 1 is 1.33 bits per heavy atom. The molecule has 1 amide bonds. The van der Waals surface area contributed by atoms with Crippen LogP contribution >= 0.6 is 8.25 Å². The predicted molar refractivity (Wildman–Crippen MR) is 43.1 cm³/mol. The first kappa shape index (κ1) is 9.55. The molecule has 0 radical (unpaired) electrons. The highest BCUT2D eigenvalue weighted by Gasteiger charge is 2.18. The fourth-order valence-corrected chi connectivity index (χ4v) is 1.49. The smallest absolute Gasteiger partial charge is 0.377 e. The van der Waals surface area contributed by atoms with Crippen LogP contribution in [0.2, 0.25) is 0 Å². The van der Waals surface area contributed by atoms with Gasteiger partial charge in [-0.15, -0.1) is 0 Å². The lowest BCUT2D eigenvalue weighted by molar-refractivity contribution is 0.141. The van der Waals surface area contributed by atoms with Gasteiger partial charge in [-0.2, -0.15) is 0 Å². The standard InChI is InChI=1S/C6H12NO4P/c8-6(11-12(9)10)7-4-2-1-3-5-7/h12H,1-5H2,(H,9,10). The van der Waals surface area contributed by atoms with Gasteiger partial charge in [0.1, 0.15) is 0 Å². The monoisotopic (exact) mass is 193 g/mol. The summed E-state index contributed by atoms with van der Waals surface area (Å²) < 4.78 is 14.3. The van der Waals surface area contributed by atoms with Gasteiger partial charge in [-0.25, -0.2) is 9.36 Å². The zero-order valence-electron chi connectivity index (χ0n) is 6.65. The van der Waals surface area contributed by atoms with Gasteiger partial charge in [-0.05, 0) is 19.3 Å². The maximum absolute atomic E-state index is 11.0. The van der Waals surface area contributed by atoms with E-state index in [0.29, 0.717) is 13.1 Å². The van der Waals surface area contributed by atoms with E-state index in [9.17, 15) is 9.36 Å². The van der Waals surface area contributed by atoms with E-state index in [4.69, 9.17) is 4.89 Å². The molecule has 1 unspecified atom stereocenters. The van der Waals surface area contributed by atoms with Crippen LogP contribution in [-0.4, -0.2) is 29.0 Å². The lowest BCUT2D eigenvalue weighted by atomic mass is 10.1. The average molecular weight is 193 g/mol. The number of likely N-dealkylation sites (tertiary alicyclic amines) is 1. The Hall–Kier alpha value is -0.540. The molecule has 1 N–H and O–H groups in total. The summed E-state index contributed by atoms with van der Waals surface area (Å²) in [5.41, 5.74) is 0. The lowest BCUT2D eigenvalue weighted by Gasteiger charge is -2.24. The van der Waals surface area contributed by atoms with Crippen molar-refractivity contribution in [3.8, 4) is 0 Å². The molecule has 5 nitrogen and oxygen atoms in total. The highest BCUT2D eigenvalue weighted by Crippen LogP contribution is 2.18. The van der Waals surface area contributed by atoms with E-state index >= 15 is 0 Å². The first-order chi connectivity index (χ1) is 5.70. The zero-order valence-corrected chi connectivity index (χ0v) is 7.65. The first-order valence-electron chi connectivity index (χ1n) is 3.90. The molecule has 0 aromatic heterocycles. The van der Waals surface area contributed by atoms with Crippen molar-refractivity contribution in [2.24, 2.45) is 0 Å². The van der Waals surface area contributed by atoms with Crippen LogP contribution in [0.1, 0.15) is 19.3 Å². The van der Waals surface area contributed by atoms with Crippen LogP contribution in [0.3, 0.4) is 0 Å². The van der Waals surface area contributed by atoms with Gasteiger partial charge < -0.3 is 14.3 Å². The van der Waals surface area contributed by atoms with Gasteiger partial charge in [-0.3, -0.25) is 0 Å². The number of piperidine rings is 1. The molecule has 0 aromatic carbocycles. The number of nitrogens with zero attached hydrogens (tertiary/aromatic N) is 1. The summed E-state index contributed by atoms with van der Waals surface area (Å²) in [4.78, 5) is 20.8. The van der Waals surface area contributed by atoms with E-state index in [2.05, 4.69) is 4.52 Å². The maximum atomic E-state index is 11.0. The minimum Gasteiger partial charge on any atom is -0.377 e. The topological polar surface area (TPSA) is 66.8 Å². The van der Waals surface area contributed by atoms with E-state index < -0.39 is 14.3 Å². The Morgan fingerprint density at radius 2 is 1.92 bits per heavy atom. The Labute approximate surface area is 71.3 Å². The Balaban J connectivity index is 2.34. The molecule has 70 valence electrons. The number of rotatable bonds is 1. The summed E-state index contributed by atoms with van der Waals surface area (Å²) in [6, 6.07) is 0.